The van der Waals surface area contributed by atoms with Gasteiger partial charge in [0.25, 0.3) is 0 Å². The molecule has 0 aliphatic heterocycles. The molecule has 0 spiro atoms. The van der Waals surface area contributed by atoms with Gasteiger partial charge < -0.3 is 5.11 Å². The van der Waals surface area contributed by atoms with E-state index in [0.717, 1.165) is 44.9 Å². The standard InChI is InChI=1S/C14H23NO2/c1-12-13(17)7-9-14(12,11-15)8-5-3-2-4-6-10-16/h12,16H,2-10H2,1H3. The van der Waals surface area contributed by atoms with Crippen LogP contribution in [0.5, 0.6) is 0 Å². The maximum Gasteiger partial charge on any atom is 0.137 e. The molecule has 0 aromatic rings. The van der Waals surface area contributed by atoms with Crippen molar-refractivity contribution in [3.8, 4) is 6.07 Å². The molecule has 2 unspecified atom stereocenters. The minimum Gasteiger partial charge on any atom is -0.396 e. The molecule has 0 aromatic heterocycles. The second-order valence-electron chi connectivity index (χ2n) is 5.20. The van der Waals surface area contributed by atoms with Gasteiger partial charge in [-0.1, -0.05) is 32.6 Å². The van der Waals surface area contributed by atoms with Gasteiger partial charge in [-0.2, -0.15) is 5.26 Å². The van der Waals surface area contributed by atoms with Gasteiger partial charge >= 0.3 is 0 Å². The molecule has 0 radical (unpaired) electrons. The number of nitrogens with zero attached hydrogens (tertiary/aromatic N) is 1. The number of ketones is 1. The molecule has 1 N–H and O–H groups in total. The zero-order valence-corrected chi connectivity index (χ0v) is 10.7. The summed E-state index contributed by atoms with van der Waals surface area (Å²) < 4.78 is 0. The largest absolute Gasteiger partial charge is 0.396 e. The second-order valence-corrected chi connectivity index (χ2v) is 5.20. The number of Topliss-reactive ketones (excluding diaryl/α,β-unsaturated/α-hetero) is 1. The number of carbonyl (C=O) groups excluding carboxylic acids is 1. The Kier molecular flexibility index (Phi) is 5.64. The highest BCUT2D eigenvalue weighted by atomic mass is 16.2. The topological polar surface area (TPSA) is 61.1 Å². The average molecular weight is 237 g/mol. The normalized spacial score (nSPS) is 28.3. The summed E-state index contributed by atoms with van der Waals surface area (Å²) >= 11 is 0. The van der Waals surface area contributed by atoms with Gasteiger partial charge in [0, 0.05) is 18.9 Å². The van der Waals surface area contributed by atoms with Gasteiger partial charge in [0.2, 0.25) is 0 Å². The second kappa shape index (κ2) is 6.76. The zero-order chi connectivity index (χ0) is 12.7. The lowest BCUT2D eigenvalue weighted by Crippen LogP contribution is -2.24. The number of nitriles is 1. The summed E-state index contributed by atoms with van der Waals surface area (Å²) in [5, 5.41) is 18.0. The first kappa shape index (κ1) is 14.2. The Hall–Kier alpha value is -0.880. The van der Waals surface area contributed by atoms with Crippen molar-refractivity contribution in [1.82, 2.24) is 0 Å². The molecule has 2 atom stereocenters. The van der Waals surface area contributed by atoms with Gasteiger partial charge in [-0.05, 0) is 19.3 Å². The Labute approximate surface area is 104 Å². The van der Waals surface area contributed by atoms with Crippen LogP contribution >= 0.6 is 0 Å². The van der Waals surface area contributed by atoms with E-state index in [0.29, 0.717) is 6.42 Å². The number of aliphatic hydroxyl groups excluding tert-OH is 1. The SMILES string of the molecule is CC1C(=O)CCC1(C#N)CCCCCCCO. The van der Waals surface area contributed by atoms with Gasteiger partial charge in [0.15, 0.2) is 0 Å². The zero-order valence-electron chi connectivity index (χ0n) is 10.7. The minimum absolute atomic E-state index is 0.0788. The van der Waals surface area contributed by atoms with Crippen LogP contribution in [-0.4, -0.2) is 17.5 Å². The summed E-state index contributed by atoms with van der Waals surface area (Å²) in [6.07, 6.45) is 7.36. The van der Waals surface area contributed by atoms with Crippen molar-refractivity contribution in [3.05, 3.63) is 0 Å². The Balaban J connectivity index is 2.29. The minimum atomic E-state index is -0.381. The Morgan fingerprint density at radius 1 is 1.35 bits per heavy atom. The molecule has 1 rings (SSSR count). The number of carbonyl (C=O) groups is 1. The van der Waals surface area contributed by atoms with Crippen LogP contribution in [0.25, 0.3) is 0 Å². The third-order valence-electron chi connectivity index (χ3n) is 4.13. The van der Waals surface area contributed by atoms with E-state index in [4.69, 9.17) is 5.11 Å². The molecule has 1 aliphatic carbocycles. The van der Waals surface area contributed by atoms with Crippen LogP contribution in [0.15, 0.2) is 0 Å². The van der Waals surface area contributed by atoms with Crippen molar-refractivity contribution in [2.45, 2.75) is 58.3 Å². The van der Waals surface area contributed by atoms with Gasteiger partial charge in [0.05, 0.1) is 11.5 Å². The van der Waals surface area contributed by atoms with Crippen LogP contribution in [0.1, 0.15) is 58.3 Å². The van der Waals surface area contributed by atoms with E-state index in [1.54, 1.807) is 0 Å². The lowest BCUT2D eigenvalue weighted by molar-refractivity contribution is -0.121. The fraction of sp³-hybridized carbons (Fsp3) is 0.857. The van der Waals surface area contributed by atoms with Gasteiger partial charge in [-0.3, -0.25) is 4.79 Å². The first-order valence-corrected chi connectivity index (χ1v) is 6.71. The molecule has 3 heteroatoms. The van der Waals surface area contributed by atoms with E-state index >= 15 is 0 Å². The van der Waals surface area contributed by atoms with Crippen molar-refractivity contribution < 1.29 is 9.90 Å². The van der Waals surface area contributed by atoms with Gasteiger partial charge in [0.1, 0.15) is 5.78 Å². The van der Waals surface area contributed by atoms with E-state index < -0.39 is 0 Å². The molecule has 3 nitrogen and oxygen atoms in total. The molecular formula is C14H23NO2. The molecule has 17 heavy (non-hydrogen) atoms. The summed E-state index contributed by atoms with van der Waals surface area (Å²) in [5.41, 5.74) is -0.381. The maximum absolute atomic E-state index is 11.5. The first-order chi connectivity index (χ1) is 8.16. The fourth-order valence-electron chi connectivity index (χ4n) is 2.72. The molecule has 0 heterocycles. The van der Waals surface area contributed by atoms with Crippen LogP contribution in [0.4, 0.5) is 0 Å². The Morgan fingerprint density at radius 2 is 2.00 bits per heavy atom. The molecule has 0 aromatic carbocycles. The smallest absolute Gasteiger partial charge is 0.137 e. The quantitative estimate of drug-likeness (QED) is 0.692. The van der Waals surface area contributed by atoms with Crippen LogP contribution in [0.3, 0.4) is 0 Å². The summed E-state index contributed by atoms with van der Waals surface area (Å²) in [6, 6.07) is 2.40. The Bertz CT molecular complexity index is 295. The summed E-state index contributed by atoms with van der Waals surface area (Å²) in [7, 11) is 0. The van der Waals surface area contributed by atoms with Crippen LogP contribution in [-0.2, 0) is 4.79 Å². The van der Waals surface area contributed by atoms with Crippen molar-refractivity contribution in [2.75, 3.05) is 6.61 Å². The molecule has 0 amide bonds. The highest BCUT2D eigenvalue weighted by Gasteiger charge is 2.45. The summed E-state index contributed by atoms with van der Waals surface area (Å²) in [4.78, 5) is 11.5. The third-order valence-corrected chi connectivity index (χ3v) is 4.13. The lowest BCUT2D eigenvalue weighted by atomic mass is 9.76. The van der Waals surface area contributed by atoms with Gasteiger partial charge in [-0.25, -0.2) is 0 Å². The number of unbranched alkanes of at least 4 members (excludes halogenated alkanes) is 4. The lowest BCUT2D eigenvalue weighted by Gasteiger charge is -2.24. The molecular weight excluding hydrogens is 214 g/mol. The number of rotatable bonds is 7. The van der Waals surface area contributed by atoms with Crippen molar-refractivity contribution in [2.24, 2.45) is 11.3 Å². The van der Waals surface area contributed by atoms with E-state index in [2.05, 4.69) is 6.07 Å². The van der Waals surface area contributed by atoms with E-state index in [1.807, 2.05) is 6.92 Å². The van der Waals surface area contributed by atoms with Crippen molar-refractivity contribution in [1.29, 1.82) is 5.26 Å². The first-order valence-electron chi connectivity index (χ1n) is 6.71. The van der Waals surface area contributed by atoms with E-state index in [-0.39, 0.29) is 23.7 Å². The van der Waals surface area contributed by atoms with Crippen LogP contribution in [0, 0.1) is 22.7 Å². The third kappa shape index (κ3) is 3.54. The maximum atomic E-state index is 11.5. The molecule has 1 aliphatic rings. The number of hydrogen-bond acceptors (Lipinski definition) is 3. The molecule has 96 valence electrons. The average Bonchev–Trinajstić information content (AvgIpc) is 2.62. The number of hydrogen-bond donors (Lipinski definition) is 1. The molecule has 1 fully saturated rings. The van der Waals surface area contributed by atoms with Crippen molar-refractivity contribution >= 4 is 5.78 Å². The van der Waals surface area contributed by atoms with Gasteiger partial charge in [-0.15, -0.1) is 0 Å². The van der Waals surface area contributed by atoms with Crippen LogP contribution < -0.4 is 0 Å². The van der Waals surface area contributed by atoms with Crippen LogP contribution in [0.2, 0.25) is 0 Å². The molecule has 1 saturated carbocycles. The predicted molar refractivity (Wildman–Crippen MR) is 66.2 cm³/mol. The molecule has 0 saturated heterocycles. The highest BCUT2D eigenvalue weighted by molar-refractivity contribution is 5.84. The number of aliphatic hydroxyl groups is 1. The summed E-state index contributed by atoms with van der Waals surface area (Å²) in [6.45, 7) is 2.18. The highest BCUT2D eigenvalue weighted by Crippen LogP contribution is 2.44. The predicted octanol–water partition coefficient (Wildman–Crippen LogP) is 2.83. The van der Waals surface area contributed by atoms with Crippen molar-refractivity contribution in [3.63, 3.8) is 0 Å². The van der Waals surface area contributed by atoms with E-state index in [1.165, 1.54) is 0 Å². The fourth-order valence-corrected chi connectivity index (χ4v) is 2.72. The van der Waals surface area contributed by atoms with E-state index in [9.17, 15) is 10.1 Å². The molecule has 0 bridgehead atoms. The Morgan fingerprint density at radius 3 is 2.53 bits per heavy atom. The summed E-state index contributed by atoms with van der Waals surface area (Å²) in [5.74, 6) is 0.178. The monoisotopic (exact) mass is 237 g/mol.